The molecule has 0 fully saturated rings. The lowest BCUT2D eigenvalue weighted by molar-refractivity contribution is -0.113. The van der Waals surface area contributed by atoms with Gasteiger partial charge in [0, 0.05) is 23.2 Å². The van der Waals surface area contributed by atoms with Crippen LogP contribution in [0.3, 0.4) is 0 Å². The average Bonchev–Trinajstić information content (AvgIpc) is 3.23. The van der Waals surface area contributed by atoms with Crippen molar-refractivity contribution in [2.45, 2.75) is 4.34 Å². The van der Waals surface area contributed by atoms with E-state index in [0.29, 0.717) is 0 Å². The molecule has 140 valence electrons. The topological polar surface area (TPSA) is 158 Å². The lowest BCUT2D eigenvalue weighted by Crippen LogP contribution is -2.14. The molecule has 0 aliphatic carbocycles. The maximum Gasteiger partial charge on any atom is 0.296 e. The van der Waals surface area contributed by atoms with E-state index >= 15 is 0 Å². The summed E-state index contributed by atoms with van der Waals surface area (Å²) in [5.41, 5.74) is 5.14. The number of aromatic nitrogens is 1. The van der Waals surface area contributed by atoms with Gasteiger partial charge < -0.3 is 15.8 Å². The van der Waals surface area contributed by atoms with Crippen molar-refractivity contribution in [3.05, 3.63) is 34.8 Å². The fourth-order valence-corrected chi connectivity index (χ4v) is 4.33. The van der Waals surface area contributed by atoms with E-state index in [0.717, 1.165) is 17.4 Å². The van der Waals surface area contributed by atoms with Gasteiger partial charge in [-0.2, -0.15) is 8.42 Å². The quantitative estimate of drug-likeness (QED) is 0.466. The molecule has 0 bridgehead atoms. The predicted octanol–water partition coefficient (Wildman–Crippen LogP) is 0.586. The van der Waals surface area contributed by atoms with Crippen LogP contribution < -0.4 is 20.5 Å². The Labute approximate surface area is 157 Å². The van der Waals surface area contributed by atoms with E-state index in [4.69, 9.17) is 10.5 Å². The van der Waals surface area contributed by atoms with E-state index in [1.54, 1.807) is 0 Å². The van der Waals surface area contributed by atoms with E-state index in [1.165, 1.54) is 30.8 Å². The molecule has 3 rings (SSSR count). The number of nitrogens with two attached hydrogens (primary N) is 1. The molecule has 12 heteroatoms. The van der Waals surface area contributed by atoms with Gasteiger partial charge in [-0.05, 0) is 12.1 Å². The van der Waals surface area contributed by atoms with Crippen LogP contribution in [0.5, 0.6) is 5.75 Å². The monoisotopic (exact) mass is 408 g/mol. The second-order valence-electron chi connectivity index (χ2n) is 5.22. The number of anilines is 2. The number of sulfonamides is 1. The minimum Gasteiger partial charge on any atom is -0.494 e. The van der Waals surface area contributed by atoms with Crippen LogP contribution in [0.25, 0.3) is 6.08 Å². The Balaban J connectivity index is 2.21. The summed E-state index contributed by atoms with van der Waals surface area (Å²) in [6.45, 7) is 0. The number of nitrogens with one attached hydrogen (secondary N) is 2. The molecular formula is C15H12N4O6S2. The SMILES string of the molecule is COc1c(C=CC(N)=O)c(NS(=O)(=O)c2nccs2)cc2c1NC(=O)C2=O. The molecule has 0 radical (unpaired) electrons. The third-order valence-corrected chi connectivity index (χ3v) is 6.08. The zero-order valence-electron chi connectivity index (χ0n) is 13.7. The third kappa shape index (κ3) is 3.39. The summed E-state index contributed by atoms with van der Waals surface area (Å²) in [5.74, 6) is -2.51. The number of primary amides is 1. The number of methoxy groups -OCH3 is 1. The third-order valence-electron chi connectivity index (χ3n) is 3.51. The lowest BCUT2D eigenvalue weighted by Gasteiger charge is -2.16. The number of hydrogen-bond acceptors (Lipinski definition) is 8. The highest BCUT2D eigenvalue weighted by atomic mass is 32.2. The van der Waals surface area contributed by atoms with Gasteiger partial charge in [-0.15, -0.1) is 11.3 Å². The van der Waals surface area contributed by atoms with Gasteiger partial charge in [0.1, 0.15) is 0 Å². The Morgan fingerprint density at radius 2 is 2.15 bits per heavy atom. The second-order valence-corrected chi connectivity index (χ2v) is 7.97. The number of benzene rings is 1. The molecule has 0 unspecified atom stereocenters. The van der Waals surface area contributed by atoms with Gasteiger partial charge in [0.25, 0.3) is 21.7 Å². The summed E-state index contributed by atoms with van der Waals surface area (Å²) >= 11 is 0.891. The molecule has 1 aliphatic rings. The molecule has 0 spiro atoms. The average molecular weight is 408 g/mol. The first-order valence-electron chi connectivity index (χ1n) is 7.25. The maximum atomic E-state index is 12.5. The highest BCUT2D eigenvalue weighted by molar-refractivity contribution is 7.94. The van der Waals surface area contributed by atoms with E-state index in [9.17, 15) is 22.8 Å². The number of ether oxygens (including phenoxy) is 1. The van der Waals surface area contributed by atoms with E-state index in [1.807, 2.05) is 0 Å². The number of thiazole rings is 1. The minimum absolute atomic E-state index is 0.000962. The predicted molar refractivity (Wildman–Crippen MR) is 97.1 cm³/mol. The number of ketones is 1. The normalized spacial score (nSPS) is 13.5. The Kier molecular flexibility index (Phi) is 4.68. The molecule has 2 heterocycles. The number of carbonyl (C=O) groups excluding carboxylic acids is 3. The zero-order valence-corrected chi connectivity index (χ0v) is 15.3. The van der Waals surface area contributed by atoms with Crippen molar-refractivity contribution < 1.29 is 27.5 Å². The van der Waals surface area contributed by atoms with Crippen molar-refractivity contribution in [1.29, 1.82) is 0 Å². The Bertz CT molecular complexity index is 1090. The van der Waals surface area contributed by atoms with Gasteiger partial charge >= 0.3 is 0 Å². The van der Waals surface area contributed by atoms with E-state index in [-0.39, 0.29) is 32.6 Å². The Morgan fingerprint density at radius 3 is 2.74 bits per heavy atom. The van der Waals surface area contributed by atoms with Gasteiger partial charge in [0.2, 0.25) is 10.2 Å². The van der Waals surface area contributed by atoms with Crippen LogP contribution in [0.4, 0.5) is 11.4 Å². The van der Waals surface area contributed by atoms with Crippen molar-refractivity contribution in [2.75, 3.05) is 17.1 Å². The summed E-state index contributed by atoms with van der Waals surface area (Å²) in [4.78, 5) is 38.6. The summed E-state index contributed by atoms with van der Waals surface area (Å²) in [5, 5.41) is 3.85. The highest BCUT2D eigenvalue weighted by Crippen LogP contribution is 2.42. The van der Waals surface area contributed by atoms with Gasteiger partial charge in [-0.3, -0.25) is 19.1 Å². The van der Waals surface area contributed by atoms with Crippen LogP contribution in [-0.4, -0.2) is 38.1 Å². The van der Waals surface area contributed by atoms with E-state index in [2.05, 4.69) is 15.0 Å². The van der Waals surface area contributed by atoms with Crippen LogP contribution in [0.2, 0.25) is 0 Å². The van der Waals surface area contributed by atoms with Crippen molar-refractivity contribution in [3.8, 4) is 5.75 Å². The van der Waals surface area contributed by atoms with Gasteiger partial charge in [-0.1, -0.05) is 0 Å². The summed E-state index contributed by atoms with van der Waals surface area (Å²) in [7, 11) is -2.80. The summed E-state index contributed by atoms with van der Waals surface area (Å²) in [6, 6.07) is 1.18. The number of carbonyl (C=O) groups is 3. The summed E-state index contributed by atoms with van der Waals surface area (Å²) in [6.07, 6.45) is 3.53. The molecule has 0 saturated heterocycles. The lowest BCUT2D eigenvalue weighted by atomic mass is 10.0. The first-order valence-corrected chi connectivity index (χ1v) is 9.61. The standard InChI is InChI=1S/C15H12N4O6S2/c1-25-13-7(2-3-10(16)20)9(6-8-11(13)18-14(22)12(8)21)19-27(23,24)15-17-4-5-26-15/h2-6,19H,1H3,(H2,16,20)(H,18,21,22). The Hall–Kier alpha value is -3.25. The molecule has 27 heavy (non-hydrogen) atoms. The molecule has 2 aromatic rings. The van der Waals surface area contributed by atoms with Crippen LogP contribution in [0, 0.1) is 0 Å². The number of Topliss-reactive ketones (excluding diaryl/α,β-unsaturated/α-hetero) is 1. The molecule has 10 nitrogen and oxygen atoms in total. The van der Waals surface area contributed by atoms with Gasteiger partial charge in [-0.25, -0.2) is 4.98 Å². The molecule has 2 amide bonds. The van der Waals surface area contributed by atoms with Gasteiger partial charge in [0.15, 0.2) is 5.75 Å². The molecular weight excluding hydrogens is 396 g/mol. The minimum atomic E-state index is -4.07. The fourth-order valence-electron chi connectivity index (χ4n) is 2.43. The highest BCUT2D eigenvalue weighted by Gasteiger charge is 2.34. The molecule has 1 aromatic carbocycles. The number of nitrogens with zero attached hydrogens (tertiary/aromatic N) is 1. The molecule has 0 saturated carbocycles. The molecule has 1 aromatic heterocycles. The maximum absolute atomic E-state index is 12.5. The van der Waals surface area contributed by atoms with Crippen molar-refractivity contribution >= 4 is 56.4 Å². The second kappa shape index (κ2) is 6.81. The van der Waals surface area contributed by atoms with Crippen LogP contribution in [0.1, 0.15) is 15.9 Å². The van der Waals surface area contributed by atoms with Crippen LogP contribution in [0.15, 0.2) is 28.1 Å². The van der Waals surface area contributed by atoms with Crippen molar-refractivity contribution in [3.63, 3.8) is 0 Å². The zero-order chi connectivity index (χ0) is 19.8. The van der Waals surface area contributed by atoms with Crippen molar-refractivity contribution in [2.24, 2.45) is 5.73 Å². The van der Waals surface area contributed by atoms with Crippen molar-refractivity contribution in [1.82, 2.24) is 4.98 Å². The largest absolute Gasteiger partial charge is 0.494 e. The number of fused-ring (bicyclic) bond motifs is 1. The number of amides is 2. The van der Waals surface area contributed by atoms with Crippen LogP contribution in [-0.2, 0) is 19.6 Å². The first-order chi connectivity index (χ1) is 12.7. The number of hydrogen-bond donors (Lipinski definition) is 3. The fraction of sp³-hybridized carbons (Fsp3) is 0.0667. The smallest absolute Gasteiger partial charge is 0.296 e. The summed E-state index contributed by atoms with van der Waals surface area (Å²) < 4.78 is 32.4. The Morgan fingerprint density at radius 1 is 1.41 bits per heavy atom. The van der Waals surface area contributed by atoms with Crippen LogP contribution >= 0.6 is 11.3 Å². The molecule has 1 aliphatic heterocycles. The number of rotatable bonds is 6. The molecule has 0 atom stereocenters. The molecule has 4 N–H and O–H groups in total. The van der Waals surface area contributed by atoms with Gasteiger partial charge in [0.05, 0.1) is 24.0 Å². The van der Waals surface area contributed by atoms with E-state index < -0.39 is 27.6 Å². The first kappa shape index (κ1) is 18.5.